The van der Waals surface area contributed by atoms with Gasteiger partial charge in [-0.05, 0) is 25.0 Å². The van der Waals surface area contributed by atoms with Crippen LogP contribution in [0.25, 0.3) is 0 Å². The minimum atomic E-state index is -0.958. The summed E-state index contributed by atoms with van der Waals surface area (Å²) in [6.45, 7) is 0.523. The molecule has 114 valence electrons. The highest BCUT2D eigenvalue weighted by Crippen LogP contribution is 2.11. The van der Waals surface area contributed by atoms with E-state index < -0.39 is 30.1 Å². The van der Waals surface area contributed by atoms with E-state index in [1.54, 1.807) is 0 Å². The zero-order chi connectivity index (χ0) is 15.2. The van der Waals surface area contributed by atoms with Gasteiger partial charge in [0.1, 0.15) is 11.6 Å². The molecule has 0 aromatic heterocycles. The van der Waals surface area contributed by atoms with E-state index in [9.17, 15) is 18.4 Å². The van der Waals surface area contributed by atoms with Crippen LogP contribution in [0, 0.1) is 11.6 Å². The van der Waals surface area contributed by atoms with E-state index in [4.69, 9.17) is 4.74 Å². The lowest BCUT2D eigenvalue weighted by Gasteiger charge is -2.11. The van der Waals surface area contributed by atoms with Gasteiger partial charge in [-0.3, -0.25) is 4.79 Å². The van der Waals surface area contributed by atoms with Crippen molar-refractivity contribution in [2.75, 3.05) is 19.8 Å². The van der Waals surface area contributed by atoms with E-state index in [1.807, 2.05) is 0 Å². The molecule has 7 heteroatoms. The summed E-state index contributed by atoms with van der Waals surface area (Å²) in [5.41, 5.74) is -0.278. The Balaban J connectivity index is 1.76. The summed E-state index contributed by atoms with van der Waals surface area (Å²) in [4.78, 5) is 23.0. The number of halogens is 2. The molecule has 0 bridgehead atoms. The largest absolute Gasteiger partial charge is 0.452 e. The summed E-state index contributed by atoms with van der Waals surface area (Å²) in [5, 5.41) is 2.56. The van der Waals surface area contributed by atoms with Crippen molar-refractivity contribution >= 4 is 11.9 Å². The monoisotopic (exact) mass is 299 g/mol. The molecule has 0 saturated carbocycles. The van der Waals surface area contributed by atoms with Crippen molar-refractivity contribution < 1.29 is 27.8 Å². The molecule has 0 aliphatic carbocycles. The topological polar surface area (TPSA) is 64.6 Å². The van der Waals surface area contributed by atoms with Crippen molar-refractivity contribution in [3.63, 3.8) is 0 Å². The number of ether oxygens (including phenoxy) is 2. The molecule has 1 fully saturated rings. The summed E-state index contributed by atoms with van der Waals surface area (Å²) < 4.78 is 35.9. The normalized spacial score (nSPS) is 17.5. The van der Waals surface area contributed by atoms with Crippen LogP contribution in [0.5, 0.6) is 0 Å². The first-order valence-electron chi connectivity index (χ1n) is 6.56. The molecule has 1 heterocycles. The first-order chi connectivity index (χ1) is 10.0. The van der Waals surface area contributed by atoms with Gasteiger partial charge in [0.15, 0.2) is 6.61 Å². The molecule has 0 spiro atoms. The van der Waals surface area contributed by atoms with Gasteiger partial charge >= 0.3 is 5.97 Å². The third-order valence-corrected chi connectivity index (χ3v) is 2.98. The zero-order valence-electron chi connectivity index (χ0n) is 11.2. The highest BCUT2D eigenvalue weighted by molar-refractivity contribution is 5.91. The second-order valence-corrected chi connectivity index (χ2v) is 4.67. The molecule has 1 atom stereocenters. The number of rotatable bonds is 5. The smallest absolute Gasteiger partial charge is 0.338 e. The predicted molar refractivity (Wildman–Crippen MR) is 68.6 cm³/mol. The standard InChI is InChI=1S/C14H15F2NO4/c15-10-4-9(5-11(16)6-10)14(19)21-8-13(18)17-7-12-2-1-3-20-12/h4-6,12H,1-3,7-8H2,(H,17,18)/t12-/m0/s1. The first-order valence-corrected chi connectivity index (χ1v) is 6.56. The van der Waals surface area contributed by atoms with E-state index in [0.717, 1.165) is 25.0 Å². The minimum Gasteiger partial charge on any atom is -0.452 e. The number of hydrogen-bond acceptors (Lipinski definition) is 4. The van der Waals surface area contributed by atoms with Gasteiger partial charge < -0.3 is 14.8 Å². The van der Waals surface area contributed by atoms with Crippen molar-refractivity contribution in [1.82, 2.24) is 5.32 Å². The molecular formula is C14H15F2NO4. The Bertz CT molecular complexity index is 509. The molecule has 1 aliphatic heterocycles. The van der Waals surface area contributed by atoms with Gasteiger partial charge in [-0.15, -0.1) is 0 Å². The number of carbonyl (C=O) groups excluding carboxylic acids is 2. The van der Waals surface area contributed by atoms with Crippen LogP contribution in [0.1, 0.15) is 23.2 Å². The second kappa shape index (κ2) is 7.12. The lowest BCUT2D eigenvalue weighted by atomic mass is 10.2. The lowest BCUT2D eigenvalue weighted by molar-refractivity contribution is -0.124. The molecule has 1 aromatic rings. The summed E-state index contributed by atoms with van der Waals surface area (Å²) >= 11 is 0. The molecule has 2 rings (SSSR count). The summed E-state index contributed by atoms with van der Waals surface area (Å²) in [6.07, 6.45) is 1.82. The average Bonchev–Trinajstić information content (AvgIpc) is 2.94. The summed E-state index contributed by atoms with van der Waals surface area (Å²) in [5.74, 6) is -3.22. The van der Waals surface area contributed by atoms with E-state index in [1.165, 1.54) is 0 Å². The van der Waals surface area contributed by atoms with Crippen LogP contribution in [-0.4, -0.2) is 37.7 Å². The molecule has 1 aromatic carbocycles. The number of nitrogens with one attached hydrogen (secondary N) is 1. The van der Waals surface area contributed by atoms with Crippen LogP contribution in [0.4, 0.5) is 8.78 Å². The Hall–Kier alpha value is -2.02. The number of benzene rings is 1. The van der Waals surface area contributed by atoms with E-state index in [2.05, 4.69) is 10.1 Å². The quantitative estimate of drug-likeness (QED) is 0.835. The zero-order valence-corrected chi connectivity index (χ0v) is 11.2. The van der Waals surface area contributed by atoms with E-state index in [0.29, 0.717) is 19.2 Å². The Morgan fingerprint density at radius 3 is 2.62 bits per heavy atom. The van der Waals surface area contributed by atoms with Gasteiger partial charge in [0.2, 0.25) is 0 Å². The molecular weight excluding hydrogens is 284 g/mol. The molecule has 1 saturated heterocycles. The lowest BCUT2D eigenvalue weighted by Crippen LogP contribution is -2.34. The Labute approximate surface area is 120 Å². The average molecular weight is 299 g/mol. The van der Waals surface area contributed by atoms with Crippen LogP contribution >= 0.6 is 0 Å². The van der Waals surface area contributed by atoms with Crippen LogP contribution in [0.15, 0.2) is 18.2 Å². The van der Waals surface area contributed by atoms with Crippen molar-refractivity contribution in [1.29, 1.82) is 0 Å². The third-order valence-electron chi connectivity index (χ3n) is 2.98. The van der Waals surface area contributed by atoms with Gasteiger partial charge in [-0.25, -0.2) is 13.6 Å². The van der Waals surface area contributed by atoms with E-state index >= 15 is 0 Å². The molecule has 1 aliphatic rings. The molecule has 1 amide bonds. The van der Waals surface area contributed by atoms with Crippen LogP contribution in [-0.2, 0) is 14.3 Å². The minimum absolute atomic E-state index is 0.0121. The molecule has 0 unspecified atom stereocenters. The second-order valence-electron chi connectivity index (χ2n) is 4.67. The van der Waals surface area contributed by atoms with Crippen LogP contribution in [0.2, 0.25) is 0 Å². The maximum absolute atomic E-state index is 12.9. The fourth-order valence-corrected chi connectivity index (χ4v) is 1.97. The fraction of sp³-hybridized carbons (Fsp3) is 0.429. The van der Waals surface area contributed by atoms with Crippen molar-refractivity contribution in [3.05, 3.63) is 35.4 Å². The summed E-state index contributed by atoms with van der Waals surface area (Å²) in [6, 6.07) is 2.33. The van der Waals surface area contributed by atoms with Gasteiger partial charge in [-0.2, -0.15) is 0 Å². The highest BCUT2D eigenvalue weighted by atomic mass is 19.1. The van der Waals surface area contributed by atoms with Gasteiger partial charge in [-0.1, -0.05) is 0 Å². The Kier molecular flexibility index (Phi) is 5.21. The number of amides is 1. The third kappa shape index (κ3) is 4.78. The van der Waals surface area contributed by atoms with Crippen molar-refractivity contribution in [2.45, 2.75) is 18.9 Å². The number of esters is 1. The fourth-order valence-electron chi connectivity index (χ4n) is 1.97. The molecule has 5 nitrogen and oxygen atoms in total. The SMILES string of the molecule is O=C(COC(=O)c1cc(F)cc(F)c1)NC[C@@H]1CCCO1. The van der Waals surface area contributed by atoms with E-state index in [-0.39, 0.29) is 11.7 Å². The molecule has 1 N–H and O–H groups in total. The molecule has 0 radical (unpaired) electrons. The van der Waals surface area contributed by atoms with Gasteiger partial charge in [0.25, 0.3) is 5.91 Å². The van der Waals surface area contributed by atoms with Crippen LogP contribution in [0.3, 0.4) is 0 Å². The van der Waals surface area contributed by atoms with Crippen molar-refractivity contribution in [3.8, 4) is 0 Å². The maximum Gasteiger partial charge on any atom is 0.338 e. The number of hydrogen-bond donors (Lipinski definition) is 1. The summed E-state index contributed by atoms with van der Waals surface area (Å²) in [7, 11) is 0. The van der Waals surface area contributed by atoms with Crippen LogP contribution < -0.4 is 5.32 Å². The Morgan fingerprint density at radius 1 is 1.29 bits per heavy atom. The highest BCUT2D eigenvalue weighted by Gasteiger charge is 2.17. The number of carbonyl (C=O) groups is 2. The molecule has 21 heavy (non-hydrogen) atoms. The predicted octanol–water partition coefficient (Wildman–Crippen LogP) is 1.42. The van der Waals surface area contributed by atoms with Crippen molar-refractivity contribution in [2.24, 2.45) is 0 Å². The Morgan fingerprint density at radius 2 is 2.00 bits per heavy atom. The maximum atomic E-state index is 12.9. The van der Waals surface area contributed by atoms with Gasteiger partial charge in [0.05, 0.1) is 11.7 Å². The first kappa shape index (κ1) is 15.4. The van der Waals surface area contributed by atoms with Gasteiger partial charge in [0, 0.05) is 19.2 Å².